The number of hydrogen-bond acceptors (Lipinski definition) is 5. The third kappa shape index (κ3) is 4.69. The number of nitrogens with zero attached hydrogens (tertiary/aromatic N) is 2. The lowest BCUT2D eigenvalue weighted by molar-refractivity contribution is 0.0552. The van der Waals surface area contributed by atoms with E-state index in [1.54, 1.807) is 6.20 Å². The topological polar surface area (TPSA) is 46.6 Å². The van der Waals surface area contributed by atoms with Crippen molar-refractivity contribution in [3.05, 3.63) is 18.5 Å². The van der Waals surface area contributed by atoms with Crippen molar-refractivity contribution in [2.24, 2.45) is 0 Å². The van der Waals surface area contributed by atoms with Gasteiger partial charge in [0, 0.05) is 32.2 Å². The molecule has 5 nitrogen and oxygen atoms in total. The van der Waals surface area contributed by atoms with Gasteiger partial charge in [0.2, 0.25) is 0 Å². The van der Waals surface area contributed by atoms with E-state index in [0.29, 0.717) is 13.2 Å². The second-order valence-electron chi connectivity index (χ2n) is 4.88. The monoisotopic (exact) mass is 265 g/mol. The Hall–Kier alpha value is -1.33. The number of piperazine rings is 1. The average Bonchev–Trinajstić information content (AvgIpc) is 2.45. The molecule has 0 aromatic carbocycles. The van der Waals surface area contributed by atoms with Gasteiger partial charge in [-0.25, -0.2) is 0 Å². The molecule has 0 amide bonds. The highest BCUT2D eigenvalue weighted by molar-refractivity contribution is 5.48. The first-order valence-corrected chi connectivity index (χ1v) is 6.91. The summed E-state index contributed by atoms with van der Waals surface area (Å²) in [4.78, 5) is 6.57. The van der Waals surface area contributed by atoms with Crippen molar-refractivity contribution in [1.29, 1.82) is 0 Å². The summed E-state index contributed by atoms with van der Waals surface area (Å²) in [6.07, 6.45) is 3.89. The van der Waals surface area contributed by atoms with Crippen molar-refractivity contribution in [3.63, 3.8) is 0 Å². The van der Waals surface area contributed by atoms with Crippen LogP contribution in [0.3, 0.4) is 0 Å². The zero-order chi connectivity index (χ0) is 13.5. The van der Waals surface area contributed by atoms with Crippen molar-refractivity contribution in [2.45, 2.75) is 20.0 Å². The minimum absolute atomic E-state index is 0.244. The average molecular weight is 265 g/mol. The quantitative estimate of drug-likeness (QED) is 0.786. The van der Waals surface area contributed by atoms with Gasteiger partial charge in [-0.15, -0.1) is 0 Å². The van der Waals surface area contributed by atoms with Crippen molar-refractivity contribution < 1.29 is 9.47 Å². The fraction of sp³-hybridized carbons (Fsp3) is 0.643. The Labute approximate surface area is 114 Å². The van der Waals surface area contributed by atoms with E-state index in [-0.39, 0.29) is 6.10 Å². The van der Waals surface area contributed by atoms with Gasteiger partial charge in [0.25, 0.3) is 0 Å². The summed E-state index contributed by atoms with van der Waals surface area (Å²) >= 11 is 0. The molecule has 0 aliphatic carbocycles. The molecule has 2 heterocycles. The van der Waals surface area contributed by atoms with Gasteiger partial charge in [0.15, 0.2) is 0 Å². The molecule has 1 aromatic rings. The van der Waals surface area contributed by atoms with E-state index in [2.05, 4.69) is 15.2 Å². The molecule has 1 aromatic heterocycles. The number of hydrogen-bond donors (Lipinski definition) is 1. The zero-order valence-corrected chi connectivity index (χ0v) is 11.8. The number of anilines is 1. The first-order chi connectivity index (χ1) is 9.25. The van der Waals surface area contributed by atoms with E-state index in [1.165, 1.54) is 0 Å². The lowest BCUT2D eigenvalue weighted by Gasteiger charge is -2.29. The third-order valence-corrected chi connectivity index (χ3v) is 2.98. The molecule has 0 saturated carbocycles. The maximum absolute atomic E-state index is 5.66. The molecular weight excluding hydrogens is 242 g/mol. The fourth-order valence-electron chi connectivity index (χ4n) is 2.03. The highest BCUT2D eigenvalue weighted by Gasteiger charge is 2.11. The van der Waals surface area contributed by atoms with Crippen LogP contribution in [-0.4, -0.2) is 50.5 Å². The zero-order valence-electron chi connectivity index (χ0n) is 11.8. The van der Waals surface area contributed by atoms with Crippen molar-refractivity contribution >= 4 is 5.69 Å². The van der Waals surface area contributed by atoms with E-state index in [0.717, 1.165) is 37.6 Å². The predicted molar refractivity (Wildman–Crippen MR) is 75.9 cm³/mol. The summed E-state index contributed by atoms with van der Waals surface area (Å²) < 4.78 is 11.1. The van der Waals surface area contributed by atoms with E-state index >= 15 is 0 Å². The van der Waals surface area contributed by atoms with Crippen LogP contribution in [0.15, 0.2) is 18.5 Å². The fourth-order valence-corrected chi connectivity index (χ4v) is 2.03. The Bertz CT molecular complexity index is 379. The normalized spacial score (nSPS) is 15.8. The number of aromatic nitrogens is 1. The first kappa shape index (κ1) is 14.1. The summed E-state index contributed by atoms with van der Waals surface area (Å²) in [5.41, 5.74) is 1.13. The molecule has 2 rings (SSSR count). The van der Waals surface area contributed by atoms with Gasteiger partial charge >= 0.3 is 0 Å². The van der Waals surface area contributed by atoms with Crippen LogP contribution >= 0.6 is 0 Å². The van der Waals surface area contributed by atoms with Crippen molar-refractivity contribution in [1.82, 2.24) is 10.3 Å². The number of nitrogens with one attached hydrogen (secondary N) is 1. The second kappa shape index (κ2) is 7.31. The first-order valence-electron chi connectivity index (χ1n) is 6.91. The van der Waals surface area contributed by atoms with Gasteiger partial charge in [0.1, 0.15) is 12.4 Å². The highest BCUT2D eigenvalue weighted by Crippen LogP contribution is 2.19. The third-order valence-electron chi connectivity index (χ3n) is 2.98. The maximum atomic E-state index is 5.66. The molecule has 5 heteroatoms. The summed E-state index contributed by atoms with van der Waals surface area (Å²) in [7, 11) is 0. The summed E-state index contributed by atoms with van der Waals surface area (Å²) in [5.74, 6) is 0.809. The van der Waals surface area contributed by atoms with Gasteiger partial charge < -0.3 is 19.7 Å². The smallest absolute Gasteiger partial charge is 0.139 e. The van der Waals surface area contributed by atoms with Crippen LogP contribution in [0.2, 0.25) is 0 Å². The molecule has 1 N–H and O–H groups in total. The van der Waals surface area contributed by atoms with E-state index in [1.807, 2.05) is 26.1 Å². The number of rotatable bonds is 6. The van der Waals surface area contributed by atoms with Crippen molar-refractivity contribution in [3.8, 4) is 5.75 Å². The molecule has 1 aliphatic heterocycles. The minimum atomic E-state index is 0.244. The summed E-state index contributed by atoms with van der Waals surface area (Å²) in [6, 6.07) is 2.05. The molecule has 1 aliphatic rings. The maximum Gasteiger partial charge on any atom is 0.139 e. The lowest BCUT2D eigenvalue weighted by Crippen LogP contribution is -2.43. The Morgan fingerprint density at radius 1 is 1.26 bits per heavy atom. The molecule has 1 fully saturated rings. The van der Waals surface area contributed by atoms with Gasteiger partial charge in [-0.1, -0.05) is 0 Å². The van der Waals surface area contributed by atoms with Gasteiger partial charge in [-0.3, -0.25) is 4.98 Å². The second-order valence-corrected chi connectivity index (χ2v) is 4.88. The van der Waals surface area contributed by atoms with E-state index < -0.39 is 0 Å². The lowest BCUT2D eigenvalue weighted by atomic mass is 10.3. The van der Waals surface area contributed by atoms with Crippen LogP contribution in [0.4, 0.5) is 5.69 Å². The van der Waals surface area contributed by atoms with Crippen LogP contribution in [0.1, 0.15) is 13.8 Å². The van der Waals surface area contributed by atoms with Crippen LogP contribution in [0.25, 0.3) is 0 Å². The number of pyridine rings is 1. The number of ether oxygens (including phenoxy) is 2. The molecule has 0 spiro atoms. The van der Waals surface area contributed by atoms with Crippen LogP contribution in [0, 0.1) is 0 Å². The Kier molecular flexibility index (Phi) is 5.42. The summed E-state index contributed by atoms with van der Waals surface area (Å²) in [6.45, 7) is 9.28. The van der Waals surface area contributed by atoms with Crippen molar-refractivity contribution in [2.75, 3.05) is 44.3 Å². The molecule has 0 atom stereocenters. The Morgan fingerprint density at radius 3 is 2.79 bits per heavy atom. The van der Waals surface area contributed by atoms with Crippen LogP contribution < -0.4 is 15.0 Å². The van der Waals surface area contributed by atoms with E-state index in [9.17, 15) is 0 Å². The molecule has 106 valence electrons. The summed E-state index contributed by atoms with van der Waals surface area (Å²) in [5, 5.41) is 3.34. The predicted octanol–water partition coefficient (Wildman–Crippen LogP) is 1.29. The van der Waals surface area contributed by atoms with Crippen LogP contribution in [0.5, 0.6) is 5.75 Å². The Balaban J connectivity index is 1.84. The van der Waals surface area contributed by atoms with E-state index in [4.69, 9.17) is 9.47 Å². The standard InChI is InChI=1S/C14H23N3O2/c1-12(2)18-7-8-19-14-9-13(10-16-11-14)17-5-3-15-4-6-17/h9-12,15H,3-8H2,1-2H3. The van der Waals surface area contributed by atoms with Crippen LogP contribution in [-0.2, 0) is 4.74 Å². The largest absolute Gasteiger partial charge is 0.489 e. The molecule has 0 unspecified atom stereocenters. The minimum Gasteiger partial charge on any atom is -0.489 e. The molecule has 0 bridgehead atoms. The SMILES string of the molecule is CC(C)OCCOc1cncc(N2CCNCC2)c1. The molecule has 19 heavy (non-hydrogen) atoms. The molecule has 0 radical (unpaired) electrons. The molecule has 1 saturated heterocycles. The van der Waals surface area contributed by atoms with Gasteiger partial charge in [-0.05, 0) is 13.8 Å². The van der Waals surface area contributed by atoms with Gasteiger partial charge in [0.05, 0.1) is 30.8 Å². The molecular formula is C14H23N3O2. The van der Waals surface area contributed by atoms with Gasteiger partial charge in [-0.2, -0.15) is 0 Å². The highest BCUT2D eigenvalue weighted by atomic mass is 16.5. The Morgan fingerprint density at radius 2 is 2.05 bits per heavy atom.